The molecule has 0 fully saturated rings. The molecule has 0 amide bonds. The van der Waals surface area contributed by atoms with Crippen molar-refractivity contribution in [1.29, 1.82) is 0 Å². The number of imidazole rings is 1. The van der Waals surface area contributed by atoms with Gasteiger partial charge < -0.3 is 5.21 Å². The summed E-state index contributed by atoms with van der Waals surface area (Å²) in [6.07, 6.45) is -1.40. The molecule has 2 heterocycles. The van der Waals surface area contributed by atoms with Crippen LogP contribution in [0.25, 0.3) is 16.2 Å². The molecule has 92 valence electrons. The van der Waals surface area contributed by atoms with Gasteiger partial charge in [0.2, 0.25) is 0 Å². The first-order chi connectivity index (χ1) is 8.66. The molecule has 0 aliphatic rings. The molecule has 0 atom stereocenters. The van der Waals surface area contributed by atoms with Crippen molar-refractivity contribution in [1.82, 2.24) is 14.8 Å². The van der Waals surface area contributed by atoms with Crippen molar-refractivity contribution in [3.05, 3.63) is 40.8 Å². The van der Waals surface area contributed by atoms with Crippen LogP contribution < -0.4 is 4.73 Å². The van der Waals surface area contributed by atoms with Crippen LogP contribution in [-0.2, 0) is 0 Å². The third-order valence-electron chi connectivity index (χ3n) is 2.42. The van der Waals surface area contributed by atoms with Gasteiger partial charge in [0.1, 0.15) is 0 Å². The summed E-state index contributed by atoms with van der Waals surface area (Å²) in [5.41, 5.74) is 1.05. The minimum Gasteiger partial charge on any atom is -0.710 e. The van der Waals surface area contributed by atoms with Crippen LogP contribution in [0.2, 0.25) is 0 Å². The Morgan fingerprint density at radius 1 is 1.28 bits per heavy atom. The molecule has 8 heteroatoms. The van der Waals surface area contributed by atoms with E-state index in [1.165, 1.54) is 10.9 Å². The number of rotatable bonds is 2. The molecule has 5 nitrogen and oxygen atoms in total. The Balaban J connectivity index is 2.19. The van der Waals surface area contributed by atoms with E-state index in [2.05, 4.69) is 10.2 Å². The molecule has 1 aromatic carbocycles. The first kappa shape index (κ1) is 11.0. The molecule has 0 spiro atoms. The Morgan fingerprint density at radius 2 is 2.06 bits per heavy atom. The first-order valence-corrected chi connectivity index (χ1v) is 5.79. The van der Waals surface area contributed by atoms with Crippen molar-refractivity contribution in [2.24, 2.45) is 0 Å². The Bertz CT molecular complexity index is 709. The highest BCUT2D eigenvalue weighted by molar-refractivity contribution is 7.13. The molecule has 0 saturated carbocycles. The van der Waals surface area contributed by atoms with E-state index >= 15 is 0 Å². The predicted molar refractivity (Wildman–Crippen MR) is 60.7 cm³/mol. The number of halogens is 2. The minimum absolute atomic E-state index is 0.246. The lowest BCUT2D eigenvalue weighted by Gasteiger charge is -1.93. The summed E-state index contributed by atoms with van der Waals surface area (Å²) in [5, 5.41) is 18.6. The van der Waals surface area contributed by atoms with Crippen molar-refractivity contribution >= 4 is 22.4 Å². The summed E-state index contributed by atoms with van der Waals surface area (Å²) < 4.78 is 27.0. The Labute approximate surface area is 104 Å². The summed E-state index contributed by atoms with van der Waals surface area (Å²) >= 11 is 0.761. The fraction of sp³-hybridized carbons (Fsp3) is 0.100. The van der Waals surface area contributed by atoms with Crippen LogP contribution in [0.4, 0.5) is 8.78 Å². The number of nitrogens with zero attached hydrogens (tertiary/aromatic N) is 4. The van der Waals surface area contributed by atoms with Crippen molar-refractivity contribution in [3.8, 4) is 5.13 Å². The number of hydrogen-bond acceptors (Lipinski definition) is 4. The summed E-state index contributed by atoms with van der Waals surface area (Å²) in [6.45, 7) is 0. The van der Waals surface area contributed by atoms with E-state index in [1.807, 2.05) is 0 Å². The van der Waals surface area contributed by atoms with Gasteiger partial charge >= 0.3 is 5.13 Å². The quantitative estimate of drug-likeness (QED) is 0.528. The largest absolute Gasteiger partial charge is 0.710 e. The van der Waals surface area contributed by atoms with E-state index in [-0.39, 0.29) is 10.1 Å². The van der Waals surface area contributed by atoms with Crippen LogP contribution in [0.5, 0.6) is 0 Å². The van der Waals surface area contributed by atoms with Crippen LogP contribution >= 0.6 is 11.3 Å². The average Bonchev–Trinajstić information content (AvgIpc) is 2.95. The molecule has 0 aliphatic heterocycles. The minimum atomic E-state index is -2.66. The van der Waals surface area contributed by atoms with Gasteiger partial charge in [-0.25, -0.2) is 13.5 Å². The molecular formula is C10H6F2N4OS. The molecule has 0 bridgehead atoms. The lowest BCUT2D eigenvalue weighted by Crippen LogP contribution is -2.22. The van der Waals surface area contributed by atoms with Gasteiger partial charge in [0.15, 0.2) is 16.0 Å². The first-order valence-electron chi connectivity index (χ1n) is 4.98. The predicted octanol–water partition coefficient (Wildman–Crippen LogP) is 2.05. The zero-order valence-electron chi connectivity index (χ0n) is 8.83. The monoisotopic (exact) mass is 268 g/mol. The fourth-order valence-electron chi connectivity index (χ4n) is 1.65. The SMILES string of the molecule is [O-][n+]1cn(-c2nnc(C(F)F)s2)c2ccccc21. The van der Waals surface area contributed by atoms with Crippen molar-refractivity contribution in [3.63, 3.8) is 0 Å². The number of fused-ring (bicyclic) bond motifs is 1. The van der Waals surface area contributed by atoms with E-state index < -0.39 is 6.43 Å². The van der Waals surface area contributed by atoms with Gasteiger partial charge in [-0.1, -0.05) is 17.2 Å². The van der Waals surface area contributed by atoms with E-state index in [0.717, 1.165) is 11.3 Å². The van der Waals surface area contributed by atoms with E-state index in [4.69, 9.17) is 0 Å². The fourth-order valence-corrected chi connectivity index (χ4v) is 2.33. The topological polar surface area (TPSA) is 57.6 Å². The number of benzene rings is 1. The van der Waals surface area contributed by atoms with E-state index in [9.17, 15) is 14.0 Å². The summed E-state index contributed by atoms with van der Waals surface area (Å²) in [6, 6.07) is 6.85. The van der Waals surface area contributed by atoms with E-state index in [0.29, 0.717) is 15.8 Å². The second-order valence-electron chi connectivity index (χ2n) is 3.52. The third-order valence-corrected chi connectivity index (χ3v) is 3.35. The van der Waals surface area contributed by atoms with Gasteiger partial charge in [0.25, 0.3) is 12.8 Å². The lowest BCUT2D eigenvalue weighted by atomic mass is 10.3. The standard InChI is InChI=1S/C10H6F2N4OS/c11-8(12)9-13-14-10(18-9)15-5-16(17)7-4-2-1-3-6(7)15/h1-5,8H. The maximum Gasteiger partial charge on any atom is 0.304 e. The maximum absolute atomic E-state index is 12.4. The molecule has 0 saturated heterocycles. The number of aromatic nitrogens is 4. The van der Waals surface area contributed by atoms with E-state index in [1.54, 1.807) is 24.3 Å². The molecule has 0 aliphatic carbocycles. The number of alkyl halides is 2. The Morgan fingerprint density at radius 3 is 2.78 bits per heavy atom. The normalized spacial score (nSPS) is 11.5. The van der Waals surface area contributed by atoms with Crippen molar-refractivity contribution in [2.75, 3.05) is 0 Å². The van der Waals surface area contributed by atoms with Gasteiger partial charge in [0.05, 0.1) is 0 Å². The van der Waals surface area contributed by atoms with Gasteiger partial charge in [-0.05, 0) is 23.5 Å². The van der Waals surface area contributed by atoms with Gasteiger partial charge in [-0.2, -0.15) is 4.57 Å². The summed E-state index contributed by atoms with van der Waals surface area (Å²) in [4.78, 5) is 0. The van der Waals surface area contributed by atoms with Crippen LogP contribution in [0, 0.1) is 5.21 Å². The zero-order chi connectivity index (χ0) is 12.7. The van der Waals surface area contributed by atoms with Gasteiger partial charge in [-0.15, -0.1) is 5.10 Å². The third kappa shape index (κ3) is 1.61. The highest BCUT2D eigenvalue weighted by Gasteiger charge is 2.20. The van der Waals surface area contributed by atoms with Gasteiger partial charge in [0, 0.05) is 0 Å². The molecule has 3 aromatic rings. The molecule has 0 N–H and O–H groups in total. The van der Waals surface area contributed by atoms with Crippen LogP contribution in [0.3, 0.4) is 0 Å². The lowest BCUT2D eigenvalue weighted by molar-refractivity contribution is -0.577. The highest BCUT2D eigenvalue weighted by Crippen LogP contribution is 2.26. The molecule has 18 heavy (non-hydrogen) atoms. The molecular weight excluding hydrogens is 262 g/mol. The maximum atomic E-state index is 12.4. The number of para-hydroxylation sites is 2. The van der Waals surface area contributed by atoms with Crippen LogP contribution in [0.15, 0.2) is 30.6 Å². The van der Waals surface area contributed by atoms with Crippen LogP contribution in [-0.4, -0.2) is 14.8 Å². The average molecular weight is 268 g/mol. The summed E-state index contributed by atoms with van der Waals surface area (Å²) in [5.74, 6) is 0. The highest BCUT2D eigenvalue weighted by atomic mass is 32.1. The molecule has 0 radical (unpaired) electrons. The molecule has 3 rings (SSSR count). The Hall–Kier alpha value is -2.09. The zero-order valence-corrected chi connectivity index (χ0v) is 9.64. The second kappa shape index (κ2) is 3.98. The van der Waals surface area contributed by atoms with Gasteiger partial charge in [-0.3, -0.25) is 0 Å². The summed E-state index contributed by atoms with van der Waals surface area (Å²) in [7, 11) is 0. The Kier molecular flexibility index (Phi) is 2.44. The number of hydrogen-bond donors (Lipinski definition) is 0. The molecule has 0 unspecified atom stereocenters. The molecule has 2 aromatic heterocycles. The van der Waals surface area contributed by atoms with Crippen molar-refractivity contribution in [2.45, 2.75) is 6.43 Å². The second-order valence-corrected chi connectivity index (χ2v) is 4.51. The van der Waals surface area contributed by atoms with Crippen molar-refractivity contribution < 1.29 is 13.5 Å². The van der Waals surface area contributed by atoms with Crippen LogP contribution in [0.1, 0.15) is 11.4 Å². The smallest absolute Gasteiger partial charge is 0.304 e.